The fourth-order valence-corrected chi connectivity index (χ4v) is 1.61. The van der Waals surface area contributed by atoms with Crippen LogP contribution in [0.1, 0.15) is 73.1 Å². The minimum absolute atomic E-state index is 0.0831. The van der Waals surface area contributed by atoms with Gasteiger partial charge in [0.05, 0.1) is 0 Å². The zero-order valence-electron chi connectivity index (χ0n) is 13.1. The van der Waals surface area contributed by atoms with E-state index in [2.05, 4.69) is 24.5 Å². The highest BCUT2D eigenvalue weighted by Gasteiger charge is 1.94. The van der Waals surface area contributed by atoms with E-state index in [9.17, 15) is 4.79 Å². The number of carbonyl (C=O) groups is 1. The Bertz CT molecular complexity index is 170. The first-order chi connectivity index (χ1) is 8.63. The van der Waals surface area contributed by atoms with E-state index in [1.54, 1.807) is 6.92 Å². The third kappa shape index (κ3) is 20.8. The standard InChI is InChI=1S/C13H28N2O.C2H6/c1-12(2)14-10-8-6-4-5-7-9-11-15-13(3)16;1-2/h12,14H,4-11H2,1-3H3,(H,15,16);1-2H3. The second kappa shape index (κ2) is 16.4. The average Bonchev–Trinajstić information content (AvgIpc) is 2.33. The molecule has 0 heterocycles. The summed E-state index contributed by atoms with van der Waals surface area (Å²) in [5.74, 6) is 0.0831. The number of carbonyl (C=O) groups excluding carboxylic acids is 1. The monoisotopic (exact) mass is 258 g/mol. The molecule has 18 heavy (non-hydrogen) atoms. The Balaban J connectivity index is 0. The second-order valence-corrected chi connectivity index (χ2v) is 4.71. The highest BCUT2D eigenvalue weighted by Crippen LogP contribution is 2.04. The molecule has 0 unspecified atom stereocenters. The van der Waals surface area contributed by atoms with Gasteiger partial charge in [-0.15, -0.1) is 0 Å². The van der Waals surface area contributed by atoms with Gasteiger partial charge in [-0.2, -0.15) is 0 Å². The summed E-state index contributed by atoms with van der Waals surface area (Å²) in [6, 6.07) is 0.609. The Morgan fingerprint density at radius 2 is 1.33 bits per heavy atom. The molecule has 0 rings (SSSR count). The summed E-state index contributed by atoms with van der Waals surface area (Å²) in [6.45, 7) is 11.9. The lowest BCUT2D eigenvalue weighted by Crippen LogP contribution is -2.23. The quantitative estimate of drug-likeness (QED) is 0.589. The molecule has 1 amide bonds. The van der Waals surface area contributed by atoms with Crippen LogP contribution in [-0.2, 0) is 4.79 Å². The highest BCUT2D eigenvalue weighted by atomic mass is 16.1. The Morgan fingerprint density at radius 3 is 1.78 bits per heavy atom. The smallest absolute Gasteiger partial charge is 0.216 e. The van der Waals surface area contributed by atoms with E-state index in [-0.39, 0.29) is 5.91 Å². The minimum Gasteiger partial charge on any atom is -0.356 e. The first-order valence-electron chi connectivity index (χ1n) is 7.60. The fraction of sp³-hybridized carbons (Fsp3) is 0.933. The first kappa shape index (κ1) is 19.8. The number of rotatable bonds is 10. The molecule has 0 saturated heterocycles. The molecule has 0 radical (unpaired) electrons. The molecule has 0 saturated carbocycles. The van der Waals surface area contributed by atoms with Crippen LogP contribution in [0.5, 0.6) is 0 Å². The van der Waals surface area contributed by atoms with Gasteiger partial charge in [0, 0.05) is 19.5 Å². The van der Waals surface area contributed by atoms with Crippen molar-refractivity contribution in [3.63, 3.8) is 0 Å². The van der Waals surface area contributed by atoms with Gasteiger partial charge in [0.2, 0.25) is 5.91 Å². The van der Waals surface area contributed by atoms with Gasteiger partial charge in [-0.05, 0) is 19.4 Å². The average molecular weight is 258 g/mol. The summed E-state index contributed by atoms with van der Waals surface area (Å²) >= 11 is 0. The number of hydrogen-bond donors (Lipinski definition) is 2. The molecule has 110 valence electrons. The van der Waals surface area contributed by atoms with Gasteiger partial charge in [-0.25, -0.2) is 0 Å². The lowest BCUT2D eigenvalue weighted by Gasteiger charge is -2.07. The molecule has 0 aromatic rings. The number of amides is 1. The molecule has 3 nitrogen and oxygen atoms in total. The number of hydrogen-bond acceptors (Lipinski definition) is 2. The van der Waals surface area contributed by atoms with Crippen molar-refractivity contribution in [3.8, 4) is 0 Å². The lowest BCUT2D eigenvalue weighted by atomic mass is 10.1. The zero-order chi connectivity index (χ0) is 14.2. The van der Waals surface area contributed by atoms with Crippen molar-refractivity contribution in [1.29, 1.82) is 0 Å². The van der Waals surface area contributed by atoms with E-state index in [1.165, 1.54) is 32.1 Å². The third-order valence-corrected chi connectivity index (χ3v) is 2.53. The number of nitrogens with one attached hydrogen (secondary N) is 2. The van der Waals surface area contributed by atoms with Crippen LogP contribution in [0.4, 0.5) is 0 Å². The Morgan fingerprint density at radius 1 is 0.889 bits per heavy atom. The van der Waals surface area contributed by atoms with E-state index in [0.717, 1.165) is 19.5 Å². The Kier molecular flexibility index (Phi) is 18.0. The summed E-state index contributed by atoms with van der Waals surface area (Å²) < 4.78 is 0. The summed E-state index contributed by atoms with van der Waals surface area (Å²) in [4.78, 5) is 10.6. The van der Waals surface area contributed by atoms with Crippen LogP contribution in [0.3, 0.4) is 0 Å². The van der Waals surface area contributed by atoms with Crippen LogP contribution in [0, 0.1) is 0 Å². The van der Waals surface area contributed by atoms with Crippen LogP contribution < -0.4 is 10.6 Å². The molecule has 0 spiro atoms. The van der Waals surface area contributed by atoms with E-state index in [0.29, 0.717) is 6.04 Å². The minimum atomic E-state index is 0.0831. The van der Waals surface area contributed by atoms with Gasteiger partial charge in [0.25, 0.3) is 0 Å². The normalized spacial score (nSPS) is 9.89. The van der Waals surface area contributed by atoms with Crippen molar-refractivity contribution < 1.29 is 4.79 Å². The fourth-order valence-electron chi connectivity index (χ4n) is 1.61. The maximum Gasteiger partial charge on any atom is 0.216 e. The van der Waals surface area contributed by atoms with Crippen molar-refractivity contribution in [1.82, 2.24) is 10.6 Å². The van der Waals surface area contributed by atoms with Crippen molar-refractivity contribution >= 4 is 5.91 Å². The van der Waals surface area contributed by atoms with Crippen molar-refractivity contribution in [3.05, 3.63) is 0 Å². The van der Waals surface area contributed by atoms with Crippen molar-refractivity contribution in [2.75, 3.05) is 13.1 Å². The predicted molar refractivity (Wildman–Crippen MR) is 80.9 cm³/mol. The van der Waals surface area contributed by atoms with Crippen molar-refractivity contribution in [2.45, 2.75) is 79.2 Å². The lowest BCUT2D eigenvalue weighted by molar-refractivity contribution is -0.118. The van der Waals surface area contributed by atoms with E-state index in [4.69, 9.17) is 0 Å². The highest BCUT2D eigenvalue weighted by molar-refractivity contribution is 5.72. The van der Waals surface area contributed by atoms with Crippen LogP contribution in [0.25, 0.3) is 0 Å². The largest absolute Gasteiger partial charge is 0.356 e. The predicted octanol–water partition coefficient (Wildman–Crippen LogP) is 3.49. The molecule has 3 heteroatoms. The summed E-state index contributed by atoms with van der Waals surface area (Å²) in [7, 11) is 0. The van der Waals surface area contributed by atoms with E-state index >= 15 is 0 Å². The summed E-state index contributed by atoms with van der Waals surface area (Å²) in [5, 5.41) is 6.24. The maximum atomic E-state index is 10.6. The van der Waals surface area contributed by atoms with Gasteiger partial charge in [0.15, 0.2) is 0 Å². The van der Waals surface area contributed by atoms with Crippen LogP contribution >= 0.6 is 0 Å². The molecule has 0 aromatic carbocycles. The van der Waals surface area contributed by atoms with Gasteiger partial charge in [-0.1, -0.05) is 53.4 Å². The summed E-state index contributed by atoms with van der Waals surface area (Å²) in [5.41, 5.74) is 0. The number of unbranched alkanes of at least 4 members (excludes halogenated alkanes) is 5. The molecular weight excluding hydrogens is 224 g/mol. The molecule has 2 N–H and O–H groups in total. The SMILES string of the molecule is CC.CC(=O)NCCCCCCCCNC(C)C. The molecule has 0 aliphatic heterocycles. The Hall–Kier alpha value is -0.570. The van der Waals surface area contributed by atoms with Gasteiger partial charge < -0.3 is 10.6 Å². The van der Waals surface area contributed by atoms with Crippen LogP contribution in [0.2, 0.25) is 0 Å². The third-order valence-electron chi connectivity index (χ3n) is 2.53. The zero-order valence-corrected chi connectivity index (χ0v) is 13.1. The molecular formula is C15H34N2O. The molecule has 0 bridgehead atoms. The molecule has 0 aliphatic carbocycles. The first-order valence-corrected chi connectivity index (χ1v) is 7.60. The van der Waals surface area contributed by atoms with E-state index in [1.807, 2.05) is 13.8 Å². The topological polar surface area (TPSA) is 41.1 Å². The Labute approximate surface area is 114 Å². The van der Waals surface area contributed by atoms with Crippen molar-refractivity contribution in [2.24, 2.45) is 0 Å². The molecule has 0 atom stereocenters. The van der Waals surface area contributed by atoms with Gasteiger partial charge >= 0.3 is 0 Å². The van der Waals surface area contributed by atoms with Gasteiger partial charge in [-0.3, -0.25) is 4.79 Å². The second-order valence-electron chi connectivity index (χ2n) is 4.71. The van der Waals surface area contributed by atoms with E-state index < -0.39 is 0 Å². The van der Waals surface area contributed by atoms with Crippen LogP contribution in [-0.4, -0.2) is 25.0 Å². The van der Waals surface area contributed by atoms with Crippen LogP contribution in [0.15, 0.2) is 0 Å². The summed E-state index contributed by atoms with van der Waals surface area (Å²) in [6.07, 6.45) is 7.56. The molecule has 0 aromatic heterocycles. The molecule has 0 aliphatic rings. The molecule has 0 fully saturated rings. The maximum absolute atomic E-state index is 10.6. The van der Waals surface area contributed by atoms with Gasteiger partial charge in [0.1, 0.15) is 0 Å².